The van der Waals surface area contributed by atoms with Gasteiger partial charge in [0.15, 0.2) is 0 Å². The standard InChI is InChI=1S/C18H18N2O4S/c1-10-11(2)25-17-15(10)16(21)19-14(20-17)9-24-18(22)13-6-4-5-12(7-13)8-23-3/h4-7H,8-9H2,1-3H3,(H,19,20,21). The quantitative estimate of drug-likeness (QED) is 0.709. The molecule has 3 rings (SSSR count). The molecule has 0 aliphatic carbocycles. The second kappa shape index (κ2) is 7.16. The van der Waals surface area contributed by atoms with E-state index >= 15 is 0 Å². The lowest BCUT2D eigenvalue weighted by atomic mass is 10.1. The van der Waals surface area contributed by atoms with Crippen LogP contribution in [0.5, 0.6) is 0 Å². The lowest BCUT2D eigenvalue weighted by molar-refractivity contribution is 0.0462. The van der Waals surface area contributed by atoms with E-state index in [4.69, 9.17) is 9.47 Å². The normalized spacial score (nSPS) is 11.0. The largest absolute Gasteiger partial charge is 0.454 e. The highest BCUT2D eigenvalue weighted by atomic mass is 32.1. The molecule has 0 amide bonds. The second-order valence-corrected chi connectivity index (χ2v) is 6.89. The van der Waals surface area contributed by atoms with Gasteiger partial charge >= 0.3 is 5.97 Å². The molecule has 6 nitrogen and oxygen atoms in total. The minimum absolute atomic E-state index is 0.0888. The summed E-state index contributed by atoms with van der Waals surface area (Å²) in [7, 11) is 1.59. The summed E-state index contributed by atoms with van der Waals surface area (Å²) in [5.41, 5.74) is 2.04. The number of carbonyl (C=O) groups excluding carboxylic acids is 1. The fourth-order valence-corrected chi connectivity index (χ4v) is 3.59. The van der Waals surface area contributed by atoms with Gasteiger partial charge < -0.3 is 14.5 Å². The molecular weight excluding hydrogens is 340 g/mol. The van der Waals surface area contributed by atoms with Gasteiger partial charge in [-0.05, 0) is 37.1 Å². The van der Waals surface area contributed by atoms with Crippen molar-refractivity contribution in [2.75, 3.05) is 7.11 Å². The van der Waals surface area contributed by atoms with Gasteiger partial charge in [-0.25, -0.2) is 9.78 Å². The smallest absolute Gasteiger partial charge is 0.338 e. The molecule has 0 saturated carbocycles. The van der Waals surface area contributed by atoms with E-state index in [1.807, 2.05) is 19.9 Å². The summed E-state index contributed by atoms with van der Waals surface area (Å²) in [6.45, 7) is 4.18. The van der Waals surface area contributed by atoms with Crippen LogP contribution in [0.25, 0.3) is 10.2 Å². The molecule has 25 heavy (non-hydrogen) atoms. The van der Waals surface area contributed by atoms with Gasteiger partial charge in [-0.3, -0.25) is 4.79 Å². The topological polar surface area (TPSA) is 81.3 Å². The van der Waals surface area contributed by atoms with Crippen molar-refractivity contribution in [1.82, 2.24) is 9.97 Å². The summed E-state index contributed by atoms with van der Waals surface area (Å²) in [6, 6.07) is 7.03. The highest BCUT2D eigenvalue weighted by molar-refractivity contribution is 7.18. The molecule has 130 valence electrons. The highest BCUT2D eigenvalue weighted by Gasteiger charge is 2.13. The number of esters is 1. The molecule has 0 fully saturated rings. The van der Waals surface area contributed by atoms with Crippen molar-refractivity contribution < 1.29 is 14.3 Å². The van der Waals surface area contributed by atoms with Crippen molar-refractivity contribution in [3.05, 3.63) is 62.0 Å². The number of rotatable bonds is 5. The van der Waals surface area contributed by atoms with Gasteiger partial charge in [-0.2, -0.15) is 0 Å². The zero-order valence-electron chi connectivity index (χ0n) is 14.2. The van der Waals surface area contributed by atoms with Crippen LogP contribution in [0.15, 0.2) is 29.1 Å². The summed E-state index contributed by atoms with van der Waals surface area (Å²) in [5, 5.41) is 0.602. The van der Waals surface area contributed by atoms with Crippen LogP contribution < -0.4 is 5.56 Å². The first-order valence-corrected chi connectivity index (χ1v) is 8.55. The summed E-state index contributed by atoms with van der Waals surface area (Å²) in [4.78, 5) is 33.2. The zero-order valence-corrected chi connectivity index (χ0v) is 15.0. The van der Waals surface area contributed by atoms with Crippen LogP contribution in [0.4, 0.5) is 0 Å². The Labute approximate surface area is 148 Å². The second-order valence-electron chi connectivity index (χ2n) is 5.69. The highest BCUT2D eigenvalue weighted by Crippen LogP contribution is 2.25. The van der Waals surface area contributed by atoms with Crippen molar-refractivity contribution in [1.29, 1.82) is 0 Å². The number of benzene rings is 1. The third kappa shape index (κ3) is 3.62. The first-order valence-electron chi connectivity index (χ1n) is 7.73. The lowest BCUT2D eigenvalue weighted by Crippen LogP contribution is -2.14. The third-order valence-corrected chi connectivity index (χ3v) is 5.00. The third-order valence-electron chi connectivity index (χ3n) is 3.90. The maximum atomic E-state index is 12.2. The summed E-state index contributed by atoms with van der Waals surface area (Å²) in [6.07, 6.45) is 0. The number of methoxy groups -OCH3 is 1. The molecular formula is C18H18N2O4S. The number of H-pyrrole nitrogens is 1. The number of fused-ring (bicyclic) bond motifs is 1. The Morgan fingerprint density at radius 3 is 2.84 bits per heavy atom. The molecule has 0 atom stereocenters. The fourth-order valence-electron chi connectivity index (χ4n) is 2.54. The number of carbonyl (C=O) groups is 1. The van der Waals surface area contributed by atoms with Gasteiger partial charge in [0.1, 0.15) is 17.3 Å². The Balaban J connectivity index is 1.77. The van der Waals surface area contributed by atoms with E-state index < -0.39 is 5.97 Å². The van der Waals surface area contributed by atoms with Crippen molar-refractivity contribution in [3.63, 3.8) is 0 Å². The SMILES string of the molecule is COCc1cccc(C(=O)OCc2nc3sc(C)c(C)c3c(=O)[nH]2)c1. The first kappa shape index (κ1) is 17.3. The predicted octanol–water partition coefficient (Wildman–Crippen LogP) is 3.10. The van der Waals surface area contributed by atoms with Crippen LogP contribution in [0.2, 0.25) is 0 Å². The molecule has 0 bridgehead atoms. The molecule has 0 spiro atoms. The van der Waals surface area contributed by atoms with Gasteiger partial charge in [-0.1, -0.05) is 12.1 Å². The number of aromatic nitrogens is 2. The van der Waals surface area contributed by atoms with Crippen LogP contribution in [-0.2, 0) is 22.7 Å². The van der Waals surface area contributed by atoms with Gasteiger partial charge in [0.25, 0.3) is 5.56 Å². The summed E-state index contributed by atoms with van der Waals surface area (Å²) < 4.78 is 10.3. The molecule has 7 heteroatoms. The molecule has 0 aliphatic rings. The Bertz CT molecular complexity index is 990. The monoisotopic (exact) mass is 358 g/mol. The summed E-state index contributed by atoms with van der Waals surface area (Å²) in [5.74, 6) is -0.139. The van der Waals surface area contributed by atoms with E-state index in [2.05, 4.69) is 9.97 Å². The van der Waals surface area contributed by atoms with Crippen molar-refractivity contribution in [3.8, 4) is 0 Å². The molecule has 0 unspecified atom stereocenters. The molecule has 2 heterocycles. The molecule has 0 radical (unpaired) electrons. The Hall–Kier alpha value is -2.51. The van der Waals surface area contributed by atoms with Crippen molar-refractivity contribution in [2.24, 2.45) is 0 Å². The Kier molecular flexibility index (Phi) is 4.96. The maximum Gasteiger partial charge on any atom is 0.338 e. The number of ether oxygens (including phenoxy) is 2. The van der Waals surface area contributed by atoms with Gasteiger partial charge in [0, 0.05) is 12.0 Å². The molecule has 0 aliphatic heterocycles. The number of thiophene rings is 1. The Morgan fingerprint density at radius 1 is 1.28 bits per heavy atom. The predicted molar refractivity (Wildman–Crippen MR) is 96.0 cm³/mol. The Morgan fingerprint density at radius 2 is 2.08 bits per heavy atom. The summed E-state index contributed by atoms with van der Waals surface area (Å²) >= 11 is 1.46. The number of nitrogens with one attached hydrogen (secondary N) is 1. The van der Waals surface area contributed by atoms with Crippen molar-refractivity contribution in [2.45, 2.75) is 27.1 Å². The van der Waals surface area contributed by atoms with Gasteiger partial charge in [-0.15, -0.1) is 11.3 Å². The van der Waals surface area contributed by atoms with E-state index in [0.29, 0.717) is 28.2 Å². The van der Waals surface area contributed by atoms with Crippen LogP contribution in [0, 0.1) is 13.8 Å². The number of hydrogen-bond donors (Lipinski definition) is 1. The van der Waals surface area contributed by atoms with E-state index in [0.717, 1.165) is 16.0 Å². The minimum Gasteiger partial charge on any atom is -0.454 e. The van der Waals surface area contributed by atoms with Crippen molar-refractivity contribution >= 4 is 27.5 Å². The van der Waals surface area contributed by atoms with Crippen LogP contribution >= 0.6 is 11.3 Å². The average molecular weight is 358 g/mol. The molecule has 0 saturated heterocycles. The minimum atomic E-state index is -0.473. The van der Waals surface area contributed by atoms with Crippen LogP contribution in [0.1, 0.15) is 32.2 Å². The zero-order chi connectivity index (χ0) is 18.0. The molecule has 1 N–H and O–H groups in total. The molecule has 3 aromatic rings. The number of aromatic amines is 1. The first-order chi connectivity index (χ1) is 12.0. The maximum absolute atomic E-state index is 12.2. The van der Waals surface area contributed by atoms with E-state index in [1.54, 1.807) is 25.3 Å². The molecule has 2 aromatic heterocycles. The lowest BCUT2D eigenvalue weighted by Gasteiger charge is -2.06. The van der Waals surface area contributed by atoms with E-state index in [9.17, 15) is 9.59 Å². The number of nitrogens with zero attached hydrogens (tertiary/aromatic N) is 1. The van der Waals surface area contributed by atoms with Gasteiger partial charge in [0.05, 0.1) is 17.6 Å². The van der Waals surface area contributed by atoms with Crippen LogP contribution in [-0.4, -0.2) is 23.0 Å². The fraction of sp³-hybridized carbons (Fsp3) is 0.278. The number of aryl methyl sites for hydroxylation is 2. The van der Waals surface area contributed by atoms with E-state index in [-0.39, 0.29) is 12.2 Å². The van der Waals surface area contributed by atoms with Gasteiger partial charge in [0.2, 0.25) is 0 Å². The number of hydrogen-bond acceptors (Lipinski definition) is 6. The average Bonchev–Trinajstić information content (AvgIpc) is 2.88. The van der Waals surface area contributed by atoms with Crippen LogP contribution in [0.3, 0.4) is 0 Å². The van der Waals surface area contributed by atoms with E-state index in [1.165, 1.54) is 11.3 Å². The molecule has 1 aromatic carbocycles.